The van der Waals surface area contributed by atoms with Gasteiger partial charge in [0.2, 0.25) is 0 Å². The van der Waals surface area contributed by atoms with Crippen molar-refractivity contribution in [1.82, 2.24) is 4.57 Å². The minimum atomic E-state index is -0.741. The first-order chi connectivity index (χ1) is 15.9. The molecule has 0 radical (unpaired) electrons. The van der Waals surface area contributed by atoms with Gasteiger partial charge in [-0.05, 0) is 50.2 Å². The molecule has 0 unspecified atom stereocenters. The van der Waals surface area contributed by atoms with Crippen molar-refractivity contribution in [3.05, 3.63) is 99.7 Å². The number of nitro benzene ring substituents is 1. The van der Waals surface area contributed by atoms with Gasteiger partial charge in [0.15, 0.2) is 0 Å². The Kier molecular flexibility index (Phi) is 5.91. The molecule has 1 aromatic heterocycles. The summed E-state index contributed by atoms with van der Waals surface area (Å²) in [6, 6.07) is 19.8. The van der Waals surface area contributed by atoms with Gasteiger partial charge in [-0.25, -0.2) is 9.59 Å². The number of rotatable bonds is 6. The Hall–Kier alpha value is -4.46. The Morgan fingerprint density at radius 2 is 1.73 bits per heavy atom. The Bertz CT molecular complexity index is 1370. The topological polar surface area (TPSA) is 101 Å². The molecule has 0 saturated heterocycles. The van der Waals surface area contributed by atoms with E-state index in [0.717, 1.165) is 17.3 Å². The number of fused-ring (bicyclic) bond motifs is 1. The van der Waals surface area contributed by atoms with Crippen LogP contribution in [0.25, 0.3) is 16.6 Å². The standard InChI is InChI=1S/C25H20N2O6/c1-3-32-25(29)23-16(2)26(18-9-5-4-6-10-18)22-13-12-20(15-21(22)23)33-24(28)17-8-7-11-19(14-17)27(30)31/h4-15H,3H2,1-2H3. The first kappa shape index (κ1) is 21.8. The van der Waals surface area contributed by atoms with Crippen LogP contribution in [-0.2, 0) is 4.74 Å². The fourth-order valence-electron chi connectivity index (χ4n) is 3.74. The summed E-state index contributed by atoms with van der Waals surface area (Å²) in [5.41, 5.74) is 2.53. The minimum Gasteiger partial charge on any atom is -0.462 e. The van der Waals surface area contributed by atoms with Crippen LogP contribution in [-0.4, -0.2) is 28.0 Å². The van der Waals surface area contributed by atoms with Crippen LogP contribution < -0.4 is 4.74 Å². The van der Waals surface area contributed by atoms with Gasteiger partial charge >= 0.3 is 11.9 Å². The van der Waals surface area contributed by atoms with Crippen molar-refractivity contribution in [3.63, 3.8) is 0 Å². The molecule has 0 aliphatic rings. The van der Waals surface area contributed by atoms with E-state index in [1.807, 2.05) is 41.8 Å². The predicted octanol–water partition coefficient (Wildman–Crippen LogP) is 5.24. The molecule has 0 aliphatic heterocycles. The molecule has 0 aliphatic carbocycles. The average Bonchev–Trinajstić information content (AvgIpc) is 3.10. The summed E-state index contributed by atoms with van der Waals surface area (Å²) in [4.78, 5) is 35.8. The van der Waals surface area contributed by atoms with E-state index in [4.69, 9.17) is 9.47 Å². The predicted molar refractivity (Wildman–Crippen MR) is 122 cm³/mol. The summed E-state index contributed by atoms with van der Waals surface area (Å²) in [6.07, 6.45) is 0. The van der Waals surface area contributed by atoms with Gasteiger partial charge in [-0.15, -0.1) is 0 Å². The number of para-hydroxylation sites is 1. The van der Waals surface area contributed by atoms with E-state index in [2.05, 4.69) is 0 Å². The molecule has 4 rings (SSSR count). The Labute approximate surface area is 189 Å². The van der Waals surface area contributed by atoms with Crippen LogP contribution in [0.1, 0.15) is 33.3 Å². The molecular weight excluding hydrogens is 424 g/mol. The molecule has 0 saturated carbocycles. The van der Waals surface area contributed by atoms with Crippen LogP contribution in [0.4, 0.5) is 5.69 Å². The van der Waals surface area contributed by atoms with E-state index in [1.54, 1.807) is 25.1 Å². The molecule has 8 nitrogen and oxygen atoms in total. The highest BCUT2D eigenvalue weighted by molar-refractivity contribution is 6.07. The van der Waals surface area contributed by atoms with E-state index in [-0.39, 0.29) is 23.6 Å². The number of nitro groups is 1. The Morgan fingerprint density at radius 1 is 0.970 bits per heavy atom. The van der Waals surface area contributed by atoms with Gasteiger partial charge in [0.1, 0.15) is 5.75 Å². The summed E-state index contributed by atoms with van der Waals surface area (Å²) < 4.78 is 12.7. The van der Waals surface area contributed by atoms with E-state index >= 15 is 0 Å². The number of hydrogen-bond acceptors (Lipinski definition) is 6. The fraction of sp³-hybridized carbons (Fsp3) is 0.120. The van der Waals surface area contributed by atoms with Crippen molar-refractivity contribution < 1.29 is 24.0 Å². The SMILES string of the molecule is CCOC(=O)c1c(C)n(-c2ccccc2)c2ccc(OC(=O)c3cccc([N+](=O)[O-])c3)cc12. The van der Waals surface area contributed by atoms with Crippen LogP contribution in [0, 0.1) is 17.0 Å². The second kappa shape index (κ2) is 8.96. The third kappa shape index (κ3) is 4.18. The molecule has 0 spiro atoms. The number of esters is 2. The van der Waals surface area contributed by atoms with E-state index < -0.39 is 16.9 Å². The first-order valence-electron chi connectivity index (χ1n) is 10.2. The second-order valence-corrected chi connectivity index (χ2v) is 7.23. The van der Waals surface area contributed by atoms with Gasteiger partial charge in [0.25, 0.3) is 5.69 Å². The first-order valence-corrected chi connectivity index (χ1v) is 10.2. The smallest absolute Gasteiger partial charge is 0.343 e. The zero-order chi connectivity index (χ0) is 23.5. The Balaban J connectivity index is 1.78. The third-order valence-electron chi connectivity index (χ3n) is 5.17. The van der Waals surface area contributed by atoms with Crippen molar-refractivity contribution in [3.8, 4) is 11.4 Å². The molecule has 4 aromatic rings. The maximum atomic E-state index is 12.8. The molecular formula is C25H20N2O6. The zero-order valence-corrected chi connectivity index (χ0v) is 18.0. The van der Waals surface area contributed by atoms with Crippen molar-refractivity contribution in [2.75, 3.05) is 6.61 Å². The number of hydrogen-bond donors (Lipinski definition) is 0. The molecule has 0 amide bonds. The quantitative estimate of drug-likeness (QED) is 0.174. The number of aromatic nitrogens is 1. The van der Waals surface area contributed by atoms with Crippen molar-refractivity contribution >= 4 is 28.5 Å². The number of nitrogens with zero attached hydrogens (tertiary/aromatic N) is 2. The molecule has 0 atom stereocenters. The molecule has 3 aromatic carbocycles. The average molecular weight is 444 g/mol. The number of benzene rings is 3. The zero-order valence-electron chi connectivity index (χ0n) is 18.0. The van der Waals surface area contributed by atoms with Crippen molar-refractivity contribution in [2.24, 2.45) is 0 Å². The van der Waals surface area contributed by atoms with Crippen LogP contribution in [0.2, 0.25) is 0 Å². The Morgan fingerprint density at radius 3 is 2.42 bits per heavy atom. The minimum absolute atomic E-state index is 0.0490. The van der Waals surface area contributed by atoms with Gasteiger partial charge < -0.3 is 14.0 Å². The maximum absolute atomic E-state index is 12.8. The summed E-state index contributed by atoms with van der Waals surface area (Å²) in [6.45, 7) is 3.78. The highest BCUT2D eigenvalue weighted by Gasteiger charge is 2.23. The third-order valence-corrected chi connectivity index (χ3v) is 5.17. The van der Waals surface area contributed by atoms with Crippen LogP contribution in [0.5, 0.6) is 5.75 Å². The molecule has 33 heavy (non-hydrogen) atoms. The molecule has 0 fully saturated rings. The summed E-state index contributed by atoms with van der Waals surface area (Å²) >= 11 is 0. The maximum Gasteiger partial charge on any atom is 0.343 e. The van der Waals surface area contributed by atoms with E-state index in [9.17, 15) is 19.7 Å². The summed E-state index contributed by atoms with van der Waals surface area (Å²) in [7, 11) is 0. The second-order valence-electron chi connectivity index (χ2n) is 7.23. The fourth-order valence-corrected chi connectivity index (χ4v) is 3.74. The van der Waals surface area contributed by atoms with Crippen LogP contribution in [0.15, 0.2) is 72.8 Å². The van der Waals surface area contributed by atoms with E-state index in [1.165, 1.54) is 18.2 Å². The lowest BCUT2D eigenvalue weighted by atomic mass is 10.1. The lowest BCUT2D eigenvalue weighted by Crippen LogP contribution is -2.09. The molecule has 0 N–H and O–H groups in total. The van der Waals surface area contributed by atoms with Gasteiger partial charge in [0.05, 0.1) is 28.2 Å². The summed E-state index contributed by atoms with van der Waals surface area (Å²) in [5.74, 6) is -1.01. The number of non-ortho nitro benzene ring substituents is 1. The van der Waals surface area contributed by atoms with Gasteiger partial charge in [-0.3, -0.25) is 10.1 Å². The van der Waals surface area contributed by atoms with Crippen molar-refractivity contribution in [2.45, 2.75) is 13.8 Å². The van der Waals surface area contributed by atoms with Crippen LogP contribution in [0.3, 0.4) is 0 Å². The number of ether oxygens (including phenoxy) is 2. The lowest BCUT2D eigenvalue weighted by Gasteiger charge is -2.09. The number of carbonyl (C=O) groups is 2. The largest absolute Gasteiger partial charge is 0.462 e. The van der Waals surface area contributed by atoms with Gasteiger partial charge in [0, 0.05) is 28.9 Å². The van der Waals surface area contributed by atoms with E-state index in [0.29, 0.717) is 16.6 Å². The molecule has 166 valence electrons. The summed E-state index contributed by atoms with van der Waals surface area (Å²) in [5, 5.41) is 11.6. The highest BCUT2D eigenvalue weighted by atomic mass is 16.6. The highest BCUT2D eigenvalue weighted by Crippen LogP contribution is 2.33. The molecule has 1 heterocycles. The van der Waals surface area contributed by atoms with Gasteiger partial charge in [-0.1, -0.05) is 24.3 Å². The lowest BCUT2D eigenvalue weighted by molar-refractivity contribution is -0.384. The van der Waals surface area contributed by atoms with Crippen LogP contribution >= 0.6 is 0 Å². The number of carbonyl (C=O) groups excluding carboxylic acids is 2. The normalized spacial score (nSPS) is 10.7. The van der Waals surface area contributed by atoms with Crippen molar-refractivity contribution in [1.29, 1.82) is 0 Å². The molecule has 8 heteroatoms. The monoisotopic (exact) mass is 444 g/mol. The molecule has 0 bridgehead atoms. The van der Waals surface area contributed by atoms with Gasteiger partial charge in [-0.2, -0.15) is 0 Å².